The van der Waals surface area contributed by atoms with Crippen molar-refractivity contribution in [3.05, 3.63) is 46.6 Å². The van der Waals surface area contributed by atoms with Crippen molar-refractivity contribution in [2.75, 3.05) is 42.9 Å². The monoisotopic (exact) mass is 417 g/mol. The minimum absolute atomic E-state index is 0.0600. The molecule has 0 unspecified atom stereocenters. The molecule has 0 bridgehead atoms. The standard InChI is InChI=1S/C20H21F2N5OS/c1-3-26-6-8-27(9-7-26)18-16-12(2)17(29-20(16)24-11-23-18)19(28)25-15-5-4-13(21)10-14(15)22/h4-5,10-11H,3,6-9H2,1-2H3,(H,25,28). The number of aromatic nitrogens is 2. The molecule has 29 heavy (non-hydrogen) atoms. The predicted octanol–water partition coefficient (Wildman–Crippen LogP) is 3.67. The highest BCUT2D eigenvalue weighted by Gasteiger charge is 2.24. The molecule has 1 N–H and O–H groups in total. The molecule has 9 heteroatoms. The largest absolute Gasteiger partial charge is 0.353 e. The first kappa shape index (κ1) is 19.7. The zero-order chi connectivity index (χ0) is 20.5. The van der Waals surface area contributed by atoms with Crippen LogP contribution in [0.5, 0.6) is 0 Å². The van der Waals surface area contributed by atoms with Gasteiger partial charge in [0.1, 0.15) is 28.6 Å². The van der Waals surface area contributed by atoms with Crippen molar-refractivity contribution in [2.24, 2.45) is 0 Å². The summed E-state index contributed by atoms with van der Waals surface area (Å²) in [4.78, 5) is 27.4. The average Bonchev–Trinajstić information content (AvgIpc) is 3.07. The normalized spacial score (nSPS) is 15.1. The molecule has 1 saturated heterocycles. The topological polar surface area (TPSA) is 61.4 Å². The van der Waals surface area contributed by atoms with Crippen LogP contribution in [0.15, 0.2) is 24.5 Å². The Hall–Kier alpha value is -2.65. The summed E-state index contributed by atoms with van der Waals surface area (Å²) in [6, 6.07) is 3.06. The molecule has 0 spiro atoms. The number of nitrogens with one attached hydrogen (secondary N) is 1. The van der Waals surface area contributed by atoms with Gasteiger partial charge in [-0.15, -0.1) is 11.3 Å². The molecule has 1 aromatic carbocycles. The lowest BCUT2D eigenvalue weighted by atomic mass is 10.1. The van der Waals surface area contributed by atoms with Crippen LogP contribution in [0.2, 0.25) is 0 Å². The molecule has 0 saturated carbocycles. The van der Waals surface area contributed by atoms with Gasteiger partial charge in [-0.05, 0) is 31.2 Å². The Morgan fingerprint density at radius 2 is 1.97 bits per heavy atom. The van der Waals surface area contributed by atoms with Gasteiger partial charge in [0.2, 0.25) is 0 Å². The van der Waals surface area contributed by atoms with E-state index in [1.807, 2.05) is 6.92 Å². The molecule has 1 fully saturated rings. The fraction of sp³-hybridized carbons (Fsp3) is 0.350. The number of amides is 1. The van der Waals surface area contributed by atoms with Gasteiger partial charge in [0, 0.05) is 32.2 Å². The summed E-state index contributed by atoms with van der Waals surface area (Å²) in [7, 11) is 0. The van der Waals surface area contributed by atoms with Crippen molar-refractivity contribution in [3.63, 3.8) is 0 Å². The fourth-order valence-electron chi connectivity index (χ4n) is 3.56. The Balaban J connectivity index is 1.65. The molecular weight excluding hydrogens is 396 g/mol. The second-order valence-electron chi connectivity index (χ2n) is 6.93. The minimum atomic E-state index is -0.814. The molecule has 3 aromatic rings. The maximum absolute atomic E-state index is 13.9. The number of carbonyl (C=O) groups is 1. The van der Waals surface area contributed by atoms with Gasteiger partial charge in [-0.25, -0.2) is 18.7 Å². The highest BCUT2D eigenvalue weighted by atomic mass is 32.1. The number of piperazine rings is 1. The van der Waals surface area contributed by atoms with Crippen LogP contribution in [-0.2, 0) is 0 Å². The average molecular weight is 417 g/mol. The van der Waals surface area contributed by atoms with E-state index in [0.29, 0.717) is 4.88 Å². The van der Waals surface area contributed by atoms with Crippen LogP contribution >= 0.6 is 11.3 Å². The summed E-state index contributed by atoms with van der Waals surface area (Å²) in [5.41, 5.74) is 0.703. The summed E-state index contributed by atoms with van der Waals surface area (Å²) in [5, 5.41) is 3.38. The molecule has 152 valence electrons. The van der Waals surface area contributed by atoms with Gasteiger partial charge in [0.05, 0.1) is 16.0 Å². The van der Waals surface area contributed by atoms with E-state index >= 15 is 0 Å². The van der Waals surface area contributed by atoms with Crippen molar-refractivity contribution in [1.29, 1.82) is 0 Å². The summed E-state index contributed by atoms with van der Waals surface area (Å²) in [5.74, 6) is -1.13. The van der Waals surface area contributed by atoms with Crippen LogP contribution < -0.4 is 10.2 Å². The number of likely N-dealkylation sites (N-methyl/N-ethyl adjacent to an activating group) is 1. The SMILES string of the molecule is CCN1CCN(c2ncnc3sc(C(=O)Nc4ccc(F)cc4F)c(C)c23)CC1. The van der Waals surface area contributed by atoms with Crippen LogP contribution in [0.25, 0.3) is 10.2 Å². The van der Waals surface area contributed by atoms with E-state index in [0.717, 1.165) is 66.5 Å². The number of rotatable bonds is 4. The van der Waals surface area contributed by atoms with Crippen molar-refractivity contribution < 1.29 is 13.6 Å². The number of aryl methyl sites for hydroxylation is 1. The quantitative estimate of drug-likeness (QED) is 0.702. The lowest BCUT2D eigenvalue weighted by Gasteiger charge is -2.35. The zero-order valence-electron chi connectivity index (χ0n) is 16.2. The number of anilines is 2. The number of fused-ring (bicyclic) bond motifs is 1. The van der Waals surface area contributed by atoms with Gasteiger partial charge in [-0.1, -0.05) is 6.92 Å². The van der Waals surface area contributed by atoms with E-state index in [4.69, 9.17) is 0 Å². The molecule has 6 nitrogen and oxygen atoms in total. The zero-order valence-corrected chi connectivity index (χ0v) is 17.0. The van der Waals surface area contributed by atoms with Gasteiger partial charge < -0.3 is 15.1 Å². The summed E-state index contributed by atoms with van der Waals surface area (Å²) < 4.78 is 27.0. The number of benzene rings is 1. The van der Waals surface area contributed by atoms with Gasteiger partial charge in [0.15, 0.2) is 0 Å². The molecule has 3 heterocycles. The predicted molar refractivity (Wildman–Crippen MR) is 111 cm³/mol. The molecule has 0 aliphatic carbocycles. The number of nitrogens with zero attached hydrogens (tertiary/aromatic N) is 4. The lowest BCUT2D eigenvalue weighted by Crippen LogP contribution is -2.46. The second-order valence-corrected chi connectivity index (χ2v) is 7.93. The van der Waals surface area contributed by atoms with Crippen molar-refractivity contribution in [3.8, 4) is 0 Å². The van der Waals surface area contributed by atoms with E-state index in [1.54, 1.807) is 0 Å². The van der Waals surface area contributed by atoms with Crippen LogP contribution in [0.1, 0.15) is 22.2 Å². The Morgan fingerprint density at radius 1 is 1.21 bits per heavy atom. The van der Waals surface area contributed by atoms with E-state index in [2.05, 4.69) is 32.0 Å². The minimum Gasteiger partial charge on any atom is -0.353 e. The molecule has 2 aromatic heterocycles. The Morgan fingerprint density at radius 3 is 2.66 bits per heavy atom. The molecule has 1 aliphatic rings. The lowest BCUT2D eigenvalue weighted by molar-refractivity contribution is 0.102. The van der Waals surface area contributed by atoms with Gasteiger partial charge >= 0.3 is 0 Å². The smallest absolute Gasteiger partial charge is 0.266 e. The number of thiophene rings is 1. The number of hydrogen-bond donors (Lipinski definition) is 1. The van der Waals surface area contributed by atoms with Crippen molar-refractivity contribution in [1.82, 2.24) is 14.9 Å². The first-order valence-electron chi connectivity index (χ1n) is 9.45. The van der Waals surface area contributed by atoms with E-state index in [-0.39, 0.29) is 5.69 Å². The van der Waals surface area contributed by atoms with Crippen LogP contribution in [0.4, 0.5) is 20.3 Å². The van der Waals surface area contributed by atoms with Crippen LogP contribution in [0.3, 0.4) is 0 Å². The molecular formula is C20H21F2N5OS. The highest BCUT2D eigenvalue weighted by molar-refractivity contribution is 7.20. The second kappa shape index (κ2) is 8.00. The van der Waals surface area contributed by atoms with E-state index in [1.165, 1.54) is 23.7 Å². The van der Waals surface area contributed by atoms with Crippen molar-refractivity contribution in [2.45, 2.75) is 13.8 Å². The van der Waals surface area contributed by atoms with Crippen molar-refractivity contribution >= 4 is 39.0 Å². The fourth-order valence-corrected chi connectivity index (χ4v) is 4.59. The Kier molecular flexibility index (Phi) is 5.42. The third kappa shape index (κ3) is 3.79. The first-order valence-corrected chi connectivity index (χ1v) is 10.3. The third-order valence-corrected chi connectivity index (χ3v) is 6.41. The number of hydrogen-bond acceptors (Lipinski definition) is 6. The summed E-state index contributed by atoms with van der Waals surface area (Å²) >= 11 is 1.25. The van der Waals surface area contributed by atoms with Crippen LogP contribution in [0, 0.1) is 18.6 Å². The Bertz CT molecular complexity index is 1060. The van der Waals surface area contributed by atoms with E-state index < -0.39 is 17.5 Å². The molecule has 0 radical (unpaired) electrons. The summed E-state index contributed by atoms with van der Waals surface area (Å²) in [6.07, 6.45) is 1.52. The van der Waals surface area contributed by atoms with Gasteiger partial charge in [-0.3, -0.25) is 4.79 Å². The molecule has 1 aliphatic heterocycles. The van der Waals surface area contributed by atoms with Gasteiger partial charge in [0.25, 0.3) is 5.91 Å². The summed E-state index contributed by atoms with van der Waals surface area (Å²) in [6.45, 7) is 8.66. The highest BCUT2D eigenvalue weighted by Crippen LogP contribution is 2.35. The molecule has 0 atom stereocenters. The molecule has 4 rings (SSSR count). The van der Waals surface area contributed by atoms with Crippen LogP contribution in [-0.4, -0.2) is 53.5 Å². The maximum Gasteiger partial charge on any atom is 0.266 e. The maximum atomic E-state index is 13.9. The number of carbonyl (C=O) groups excluding carboxylic acids is 1. The first-order chi connectivity index (χ1) is 14.0. The molecule has 1 amide bonds. The Labute approximate surface area is 171 Å². The third-order valence-electron chi connectivity index (χ3n) is 5.21. The van der Waals surface area contributed by atoms with Gasteiger partial charge in [-0.2, -0.15) is 0 Å². The van der Waals surface area contributed by atoms with E-state index in [9.17, 15) is 13.6 Å². The number of halogens is 2.